The molecule has 0 saturated heterocycles. The number of urea groups is 1. The molecule has 0 saturated carbocycles. The number of benzene rings is 1. The van der Waals surface area contributed by atoms with Crippen molar-refractivity contribution in [2.75, 3.05) is 18.4 Å². The summed E-state index contributed by atoms with van der Waals surface area (Å²) in [6.45, 7) is 9.95. The minimum absolute atomic E-state index is 0.147. The first-order chi connectivity index (χ1) is 13.9. The number of carbonyl (C=O) groups is 2. The molecule has 158 valence electrons. The van der Waals surface area contributed by atoms with Crippen LogP contribution in [0.15, 0.2) is 23.6 Å². The molecule has 2 rings (SSSR count). The number of rotatable bonds is 10. The van der Waals surface area contributed by atoms with Crippen molar-refractivity contribution in [1.29, 1.82) is 0 Å². The standard InChI is InChI=1S/C22H32N4O2S/c1-5-7-11-23-21(27)19-15-29-20(25-19)14-26(12-8-6-2)22(28)24-18-10-9-16(3)17(4)13-18/h9-10,13,15H,5-8,11-12,14H2,1-4H3,(H,23,27)(H,24,28). The molecule has 1 aromatic heterocycles. The molecule has 0 aliphatic heterocycles. The molecule has 0 radical (unpaired) electrons. The Balaban J connectivity index is 2.03. The summed E-state index contributed by atoms with van der Waals surface area (Å²) in [6, 6.07) is 5.75. The Hall–Kier alpha value is -2.41. The zero-order valence-corrected chi connectivity index (χ0v) is 18.7. The van der Waals surface area contributed by atoms with Crippen molar-refractivity contribution in [3.05, 3.63) is 45.4 Å². The van der Waals surface area contributed by atoms with Crippen LogP contribution in [0.1, 0.15) is 66.2 Å². The number of hydrogen-bond acceptors (Lipinski definition) is 4. The lowest BCUT2D eigenvalue weighted by Gasteiger charge is -2.22. The minimum Gasteiger partial charge on any atom is -0.351 e. The number of aromatic nitrogens is 1. The monoisotopic (exact) mass is 416 g/mol. The van der Waals surface area contributed by atoms with Crippen molar-refractivity contribution in [2.45, 2.75) is 59.9 Å². The third-order valence-electron chi connectivity index (χ3n) is 4.75. The van der Waals surface area contributed by atoms with Crippen molar-refractivity contribution >= 4 is 29.0 Å². The molecule has 1 heterocycles. The van der Waals surface area contributed by atoms with Crippen LogP contribution in [0.4, 0.5) is 10.5 Å². The van der Waals surface area contributed by atoms with Crippen LogP contribution in [-0.2, 0) is 6.54 Å². The van der Waals surface area contributed by atoms with Crippen molar-refractivity contribution in [1.82, 2.24) is 15.2 Å². The molecular formula is C22H32N4O2S. The second kappa shape index (κ2) is 11.6. The van der Waals surface area contributed by atoms with Gasteiger partial charge in [-0.15, -0.1) is 11.3 Å². The van der Waals surface area contributed by atoms with Gasteiger partial charge in [0.2, 0.25) is 0 Å². The lowest BCUT2D eigenvalue weighted by molar-refractivity contribution is 0.0948. The molecule has 3 amide bonds. The van der Waals surface area contributed by atoms with E-state index in [4.69, 9.17) is 0 Å². The average molecular weight is 417 g/mol. The number of carbonyl (C=O) groups excluding carboxylic acids is 2. The fraction of sp³-hybridized carbons (Fsp3) is 0.500. The predicted molar refractivity (Wildman–Crippen MR) is 120 cm³/mol. The van der Waals surface area contributed by atoms with Gasteiger partial charge in [0, 0.05) is 24.2 Å². The number of unbranched alkanes of at least 4 members (excludes halogenated alkanes) is 2. The van der Waals surface area contributed by atoms with Gasteiger partial charge in [-0.2, -0.15) is 0 Å². The Morgan fingerprint density at radius 1 is 1.10 bits per heavy atom. The number of amides is 3. The van der Waals surface area contributed by atoms with Crippen molar-refractivity contribution in [2.24, 2.45) is 0 Å². The van der Waals surface area contributed by atoms with E-state index in [0.717, 1.165) is 41.9 Å². The van der Waals surface area contributed by atoms with E-state index in [1.54, 1.807) is 10.3 Å². The van der Waals surface area contributed by atoms with E-state index in [9.17, 15) is 9.59 Å². The number of anilines is 1. The number of aryl methyl sites for hydroxylation is 2. The van der Waals surface area contributed by atoms with Crippen LogP contribution in [-0.4, -0.2) is 34.9 Å². The Morgan fingerprint density at radius 2 is 1.86 bits per heavy atom. The first-order valence-electron chi connectivity index (χ1n) is 10.3. The third-order valence-corrected chi connectivity index (χ3v) is 5.59. The van der Waals surface area contributed by atoms with Gasteiger partial charge >= 0.3 is 6.03 Å². The van der Waals surface area contributed by atoms with Gasteiger partial charge in [0.15, 0.2) is 0 Å². The second-order valence-corrected chi connectivity index (χ2v) is 8.18. The van der Waals surface area contributed by atoms with E-state index in [0.29, 0.717) is 25.3 Å². The van der Waals surface area contributed by atoms with Crippen LogP contribution < -0.4 is 10.6 Å². The van der Waals surface area contributed by atoms with Crippen LogP contribution >= 0.6 is 11.3 Å². The third kappa shape index (κ3) is 7.16. The van der Waals surface area contributed by atoms with Crippen LogP contribution in [0.2, 0.25) is 0 Å². The molecule has 0 aliphatic carbocycles. The Kier molecular flexibility index (Phi) is 9.12. The molecule has 0 bridgehead atoms. The van der Waals surface area contributed by atoms with E-state index >= 15 is 0 Å². The van der Waals surface area contributed by atoms with E-state index < -0.39 is 0 Å². The molecule has 1 aromatic carbocycles. The van der Waals surface area contributed by atoms with Gasteiger partial charge in [0.05, 0.1) is 6.54 Å². The fourth-order valence-electron chi connectivity index (χ4n) is 2.74. The van der Waals surface area contributed by atoms with Gasteiger partial charge in [-0.05, 0) is 49.9 Å². The summed E-state index contributed by atoms with van der Waals surface area (Å²) >= 11 is 1.41. The van der Waals surface area contributed by atoms with Gasteiger partial charge in [0.25, 0.3) is 5.91 Å². The highest BCUT2D eigenvalue weighted by Gasteiger charge is 2.17. The first kappa shape index (κ1) is 22.9. The van der Waals surface area contributed by atoms with Crippen LogP contribution in [0.5, 0.6) is 0 Å². The zero-order chi connectivity index (χ0) is 21.2. The summed E-state index contributed by atoms with van der Waals surface area (Å²) in [5.74, 6) is -0.152. The van der Waals surface area contributed by atoms with E-state index in [1.807, 2.05) is 32.0 Å². The normalized spacial score (nSPS) is 10.6. The number of thiazole rings is 1. The molecule has 7 heteroatoms. The zero-order valence-electron chi connectivity index (χ0n) is 17.9. The quantitative estimate of drug-likeness (QED) is 0.528. The highest BCUT2D eigenvalue weighted by molar-refractivity contribution is 7.09. The smallest absolute Gasteiger partial charge is 0.322 e. The molecule has 2 aromatic rings. The maximum Gasteiger partial charge on any atom is 0.322 e. The number of hydrogen-bond donors (Lipinski definition) is 2. The van der Waals surface area contributed by atoms with Gasteiger partial charge in [-0.25, -0.2) is 9.78 Å². The Labute approximate surface area is 177 Å². The molecule has 2 N–H and O–H groups in total. The van der Waals surface area contributed by atoms with Crippen LogP contribution in [0, 0.1) is 13.8 Å². The first-order valence-corrected chi connectivity index (χ1v) is 11.2. The molecule has 29 heavy (non-hydrogen) atoms. The molecule has 0 aliphatic rings. The molecule has 0 atom stereocenters. The highest BCUT2D eigenvalue weighted by atomic mass is 32.1. The van der Waals surface area contributed by atoms with Gasteiger partial charge < -0.3 is 15.5 Å². The summed E-state index contributed by atoms with van der Waals surface area (Å²) in [7, 11) is 0. The minimum atomic E-state index is -0.152. The van der Waals surface area contributed by atoms with Gasteiger partial charge in [-0.1, -0.05) is 32.8 Å². The molecular weight excluding hydrogens is 384 g/mol. The van der Waals surface area contributed by atoms with Crippen LogP contribution in [0.25, 0.3) is 0 Å². The van der Waals surface area contributed by atoms with E-state index in [2.05, 4.69) is 29.5 Å². The summed E-state index contributed by atoms with van der Waals surface area (Å²) in [5, 5.41) is 8.39. The van der Waals surface area contributed by atoms with Crippen molar-refractivity contribution in [3.8, 4) is 0 Å². The topological polar surface area (TPSA) is 74.3 Å². The lowest BCUT2D eigenvalue weighted by Crippen LogP contribution is -2.35. The maximum atomic E-state index is 12.8. The SMILES string of the molecule is CCCCNC(=O)c1csc(CN(CCCC)C(=O)Nc2ccc(C)c(C)c2)n1. The van der Waals surface area contributed by atoms with E-state index in [-0.39, 0.29) is 11.9 Å². The second-order valence-electron chi connectivity index (χ2n) is 7.24. The highest BCUT2D eigenvalue weighted by Crippen LogP contribution is 2.17. The lowest BCUT2D eigenvalue weighted by atomic mass is 10.1. The van der Waals surface area contributed by atoms with Gasteiger partial charge in [0.1, 0.15) is 10.7 Å². The summed E-state index contributed by atoms with van der Waals surface area (Å²) in [6.07, 6.45) is 3.89. The Morgan fingerprint density at radius 3 is 2.55 bits per heavy atom. The molecule has 0 spiro atoms. The van der Waals surface area contributed by atoms with Crippen LogP contribution in [0.3, 0.4) is 0 Å². The molecule has 0 unspecified atom stereocenters. The Bertz CT molecular complexity index is 819. The summed E-state index contributed by atoms with van der Waals surface area (Å²) in [4.78, 5) is 31.2. The number of nitrogens with one attached hydrogen (secondary N) is 2. The summed E-state index contributed by atoms with van der Waals surface area (Å²) < 4.78 is 0. The number of nitrogens with zero attached hydrogens (tertiary/aromatic N) is 2. The van der Waals surface area contributed by atoms with Crippen molar-refractivity contribution < 1.29 is 9.59 Å². The van der Waals surface area contributed by atoms with Crippen molar-refractivity contribution in [3.63, 3.8) is 0 Å². The molecule has 6 nitrogen and oxygen atoms in total. The summed E-state index contributed by atoms with van der Waals surface area (Å²) in [5.41, 5.74) is 3.54. The predicted octanol–water partition coefficient (Wildman–Crippen LogP) is 5.12. The van der Waals surface area contributed by atoms with Gasteiger partial charge in [-0.3, -0.25) is 4.79 Å². The molecule has 0 fully saturated rings. The maximum absolute atomic E-state index is 12.8. The average Bonchev–Trinajstić information content (AvgIpc) is 3.16. The fourth-order valence-corrected chi connectivity index (χ4v) is 3.53. The largest absolute Gasteiger partial charge is 0.351 e. The van der Waals surface area contributed by atoms with E-state index in [1.165, 1.54) is 16.9 Å².